The molecule has 0 spiro atoms. The molecule has 0 heterocycles. The maximum Gasteiger partial charge on any atom is 0.238 e. The lowest BCUT2D eigenvalue weighted by atomic mass is 10.1. The molecule has 0 bridgehead atoms. The highest BCUT2D eigenvalue weighted by Gasteiger charge is 2.06. The topological polar surface area (TPSA) is 72.2 Å². The average Bonchev–Trinajstić information content (AvgIpc) is 2.52. The Morgan fingerprint density at radius 1 is 1.00 bits per heavy atom. The van der Waals surface area contributed by atoms with Crippen LogP contribution in [0.5, 0.6) is 0 Å². The molecule has 126 valence electrons. The fourth-order valence-corrected chi connectivity index (χ4v) is 2.98. The Morgan fingerprint density at radius 2 is 1.57 bits per heavy atom. The Balaban J connectivity index is 0.00000264. The zero-order valence-corrected chi connectivity index (χ0v) is 15.3. The minimum Gasteiger partial charge on any atom is -0.312 e. The zero-order valence-electron chi connectivity index (χ0n) is 12.9. The van der Waals surface area contributed by atoms with Crippen LogP contribution < -0.4 is 10.5 Å². The summed E-state index contributed by atoms with van der Waals surface area (Å²) in [6.07, 6.45) is 2.90. The van der Waals surface area contributed by atoms with Crippen LogP contribution in [0.1, 0.15) is 11.1 Å². The molecular formula is C16H21ClN2O2S2. The molecule has 3 N–H and O–H groups in total. The summed E-state index contributed by atoms with van der Waals surface area (Å²) in [6.45, 7) is 1.66. The molecule has 2 aromatic carbocycles. The van der Waals surface area contributed by atoms with Crippen LogP contribution >= 0.6 is 24.2 Å². The standard InChI is InChI=1S/C16H20N2O2S2.ClH/c1-21-15-6-2-14(3-7-15)12-18-11-10-13-4-8-16(9-5-13)22(17,19)20;/h2-9,18H,10-12H2,1H3,(H2,17,19,20);1H. The summed E-state index contributed by atoms with van der Waals surface area (Å²) in [5.41, 5.74) is 2.33. The largest absolute Gasteiger partial charge is 0.312 e. The van der Waals surface area contributed by atoms with Crippen LogP contribution in [-0.2, 0) is 23.0 Å². The van der Waals surface area contributed by atoms with Crippen molar-refractivity contribution >= 4 is 34.2 Å². The van der Waals surface area contributed by atoms with Gasteiger partial charge in [0.05, 0.1) is 4.90 Å². The molecule has 0 unspecified atom stereocenters. The van der Waals surface area contributed by atoms with E-state index in [1.807, 2.05) is 0 Å². The molecule has 2 rings (SSSR count). The number of nitrogens with two attached hydrogens (primary N) is 1. The lowest BCUT2D eigenvalue weighted by molar-refractivity contribution is 0.597. The van der Waals surface area contributed by atoms with E-state index in [1.54, 1.807) is 36.0 Å². The first-order valence-corrected chi connectivity index (χ1v) is 9.71. The van der Waals surface area contributed by atoms with Gasteiger partial charge in [-0.3, -0.25) is 0 Å². The lowest BCUT2D eigenvalue weighted by Crippen LogP contribution is -2.17. The first-order chi connectivity index (χ1) is 10.5. The second-order valence-corrected chi connectivity index (χ2v) is 7.40. The number of benzene rings is 2. The number of halogens is 1. The summed E-state index contributed by atoms with van der Waals surface area (Å²) in [4.78, 5) is 1.41. The lowest BCUT2D eigenvalue weighted by Gasteiger charge is -2.06. The Hall–Kier alpha value is -1.05. The van der Waals surface area contributed by atoms with Gasteiger partial charge in [-0.2, -0.15) is 0 Å². The molecule has 0 aliphatic heterocycles. The van der Waals surface area contributed by atoms with Crippen LogP contribution in [0.15, 0.2) is 58.3 Å². The van der Waals surface area contributed by atoms with Gasteiger partial charge in [0, 0.05) is 11.4 Å². The summed E-state index contributed by atoms with van der Waals surface area (Å²) < 4.78 is 22.3. The molecule has 23 heavy (non-hydrogen) atoms. The summed E-state index contributed by atoms with van der Waals surface area (Å²) in [7, 11) is -3.60. The third kappa shape index (κ3) is 6.53. The number of sulfonamides is 1. The Bertz CT molecular complexity index is 702. The van der Waals surface area contributed by atoms with Crippen molar-refractivity contribution < 1.29 is 8.42 Å². The van der Waals surface area contributed by atoms with Crippen molar-refractivity contribution in [1.29, 1.82) is 0 Å². The van der Waals surface area contributed by atoms with Crippen molar-refractivity contribution in [1.82, 2.24) is 5.32 Å². The van der Waals surface area contributed by atoms with Crippen molar-refractivity contribution in [2.45, 2.75) is 22.8 Å². The molecule has 0 saturated carbocycles. The molecule has 0 aliphatic carbocycles. The summed E-state index contributed by atoms with van der Waals surface area (Å²) in [6, 6.07) is 15.2. The molecule has 0 aromatic heterocycles. The van der Waals surface area contributed by atoms with Gasteiger partial charge in [-0.15, -0.1) is 24.2 Å². The molecule has 0 radical (unpaired) electrons. The first-order valence-electron chi connectivity index (χ1n) is 6.94. The third-order valence-corrected chi connectivity index (χ3v) is 5.00. The van der Waals surface area contributed by atoms with Crippen LogP contribution in [0.25, 0.3) is 0 Å². The monoisotopic (exact) mass is 372 g/mol. The highest BCUT2D eigenvalue weighted by molar-refractivity contribution is 7.98. The highest BCUT2D eigenvalue weighted by Crippen LogP contribution is 2.14. The van der Waals surface area contributed by atoms with Gasteiger partial charge in [0.2, 0.25) is 10.0 Å². The van der Waals surface area contributed by atoms with E-state index in [2.05, 4.69) is 35.8 Å². The van der Waals surface area contributed by atoms with Gasteiger partial charge in [0.15, 0.2) is 0 Å². The number of primary sulfonamides is 1. The summed E-state index contributed by atoms with van der Waals surface area (Å²) in [5, 5.41) is 8.45. The molecule has 2 aromatic rings. The van der Waals surface area contributed by atoms with Crippen LogP contribution in [0, 0.1) is 0 Å². The molecular weight excluding hydrogens is 352 g/mol. The van der Waals surface area contributed by atoms with E-state index in [1.165, 1.54) is 10.5 Å². The molecule has 4 nitrogen and oxygen atoms in total. The SMILES string of the molecule is CSc1ccc(CNCCc2ccc(S(N)(=O)=O)cc2)cc1.Cl. The van der Waals surface area contributed by atoms with Gasteiger partial charge < -0.3 is 5.32 Å². The second-order valence-electron chi connectivity index (χ2n) is 4.96. The van der Waals surface area contributed by atoms with Crippen molar-refractivity contribution in [3.8, 4) is 0 Å². The van der Waals surface area contributed by atoms with Gasteiger partial charge in [-0.1, -0.05) is 24.3 Å². The normalized spacial score (nSPS) is 11.0. The van der Waals surface area contributed by atoms with E-state index >= 15 is 0 Å². The first kappa shape index (κ1) is 20.0. The third-order valence-electron chi connectivity index (χ3n) is 3.33. The van der Waals surface area contributed by atoms with E-state index in [9.17, 15) is 8.42 Å². The van der Waals surface area contributed by atoms with E-state index in [4.69, 9.17) is 5.14 Å². The molecule has 0 fully saturated rings. The summed E-state index contributed by atoms with van der Waals surface area (Å²) >= 11 is 1.73. The van der Waals surface area contributed by atoms with E-state index in [-0.39, 0.29) is 17.3 Å². The number of thioether (sulfide) groups is 1. The highest BCUT2D eigenvalue weighted by atomic mass is 35.5. The fraction of sp³-hybridized carbons (Fsp3) is 0.250. The predicted octanol–water partition coefficient (Wildman–Crippen LogP) is 2.81. The van der Waals surface area contributed by atoms with Crippen molar-refractivity contribution in [2.75, 3.05) is 12.8 Å². The van der Waals surface area contributed by atoms with Gasteiger partial charge in [-0.25, -0.2) is 13.6 Å². The van der Waals surface area contributed by atoms with Gasteiger partial charge in [0.1, 0.15) is 0 Å². The van der Waals surface area contributed by atoms with E-state index in [0.29, 0.717) is 0 Å². The average molecular weight is 373 g/mol. The minimum absolute atomic E-state index is 0. The molecule has 0 amide bonds. The van der Waals surface area contributed by atoms with Crippen LogP contribution in [0.2, 0.25) is 0 Å². The van der Waals surface area contributed by atoms with Gasteiger partial charge >= 0.3 is 0 Å². The molecule has 0 aliphatic rings. The Kier molecular flexibility index (Phi) is 8.08. The molecule has 7 heteroatoms. The molecule has 0 saturated heterocycles. The van der Waals surface area contributed by atoms with Crippen molar-refractivity contribution in [3.63, 3.8) is 0 Å². The fourth-order valence-electron chi connectivity index (χ4n) is 2.05. The Labute approximate surface area is 148 Å². The quantitative estimate of drug-likeness (QED) is 0.579. The molecule has 0 atom stereocenters. The number of rotatable bonds is 7. The van der Waals surface area contributed by atoms with Crippen LogP contribution in [0.4, 0.5) is 0 Å². The van der Waals surface area contributed by atoms with Crippen LogP contribution in [-0.4, -0.2) is 21.2 Å². The summed E-state index contributed by atoms with van der Waals surface area (Å²) in [5.74, 6) is 0. The zero-order chi connectivity index (χ0) is 16.0. The minimum atomic E-state index is -3.60. The van der Waals surface area contributed by atoms with Gasteiger partial charge in [-0.05, 0) is 54.6 Å². The smallest absolute Gasteiger partial charge is 0.238 e. The maximum absolute atomic E-state index is 11.2. The number of hydrogen-bond donors (Lipinski definition) is 2. The van der Waals surface area contributed by atoms with E-state index < -0.39 is 10.0 Å². The van der Waals surface area contributed by atoms with Crippen molar-refractivity contribution in [3.05, 3.63) is 59.7 Å². The second kappa shape index (κ2) is 9.30. The van der Waals surface area contributed by atoms with Crippen LogP contribution in [0.3, 0.4) is 0 Å². The Morgan fingerprint density at radius 3 is 2.09 bits per heavy atom. The predicted molar refractivity (Wildman–Crippen MR) is 98.7 cm³/mol. The number of nitrogens with one attached hydrogen (secondary N) is 1. The number of hydrogen-bond acceptors (Lipinski definition) is 4. The maximum atomic E-state index is 11.2. The van der Waals surface area contributed by atoms with E-state index in [0.717, 1.165) is 25.1 Å². The van der Waals surface area contributed by atoms with Crippen molar-refractivity contribution in [2.24, 2.45) is 5.14 Å². The van der Waals surface area contributed by atoms with Gasteiger partial charge in [0.25, 0.3) is 0 Å².